The number of hydrogen-bond donors (Lipinski definition) is 0. The molecular formula is C16H19Br2ClN2. The molecule has 0 amide bonds. The molecule has 1 atom stereocenters. The third-order valence-electron chi connectivity index (χ3n) is 3.67. The highest BCUT2D eigenvalue weighted by Gasteiger charge is 2.20. The highest BCUT2D eigenvalue weighted by atomic mass is 79.9. The van der Waals surface area contributed by atoms with Gasteiger partial charge in [0.2, 0.25) is 0 Å². The zero-order chi connectivity index (χ0) is 15.4. The average molecular weight is 435 g/mol. The van der Waals surface area contributed by atoms with Crippen LogP contribution in [0.4, 0.5) is 0 Å². The zero-order valence-corrected chi connectivity index (χ0v) is 16.2. The standard InChI is InChI=1S/C16H19Br2ClN2/c1-3-14-16(18)15(21(4-2)20-14)9-11(10-19)12-7-5-6-8-13(12)17/h5-8,11H,3-4,9-10H2,1-2H3. The van der Waals surface area contributed by atoms with Crippen molar-refractivity contribution in [3.05, 3.63) is 50.2 Å². The van der Waals surface area contributed by atoms with E-state index >= 15 is 0 Å². The van der Waals surface area contributed by atoms with E-state index in [0.29, 0.717) is 5.88 Å². The number of halogens is 3. The van der Waals surface area contributed by atoms with Crippen molar-refractivity contribution in [1.29, 1.82) is 0 Å². The number of benzene rings is 1. The fourth-order valence-electron chi connectivity index (χ4n) is 2.50. The summed E-state index contributed by atoms with van der Waals surface area (Å²) in [5, 5.41) is 4.67. The van der Waals surface area contributed by atoms with E-state index in [1.54, 1.807) is 0 Å². The number of aromatic nitrogens is 2. The summed E-state index contributed by atoms with van der Waals surface area (Å²) in [5.41, 5.74) is 3.60. The second-order valence-electron chi connectivity index (χ2n) is 4.95. The molecule has 2 rings (SSSR count). The molecule has 0 bridgehead atoms. The Labute approximate surface area is 148 Å². The highest BCUT2D eigenvalue weighted by molar-refractivity contribution is 9.10. The maximum atomic E-state index is 6.25. The summed E-state index contributed by atoms with van der Waals surface area (Å²) < 4.78 is 4.33. The lowest BCUT2D eigenvalue weighted by Gasteiger charge is -2.17. The van der Waals surface area contributed by atoms with Gasteiger partial charge in [0.05, 0.1) is 15.9 Å². The Morgan fingerprint density at radius 2 is 1.95 bits per heavy atom. The highest BCUT2D eigenvalue weighted by Crippen LogP contribution is 2.32. The van der Waals surface area contributed by atoms with Gasteiger partial charge in [-0.05, 0) is 47.3 Å². The summed E-state index contributed by atoms with van der Waals surface area (Å²) in [6.07, 6.45) is 1.81. The first-order valence-corrected chi connectivity index (χ1v) is 9.28. The summed E-state index contributed by atoms with van der Waals surface area (Å²) in [4.78, 5) is 0. The molecule has 2 aromatic rings. The fourth-order valence-corrected chi connectivity index (χ4v) is 4.11. The molecule has 5 heteroatoms. The van der Waals surface area contributed by atoms with Crippen molar-refractivity contribution >= 4 is 43.5 Å². The van der Waals surface area contributed by atoms with E-state index in [-0.39, 0.29) is 5.92 Å². The van der Waals surface area contributed by atoms with Crippen LogP contribution in [0.1, 0.15) is 36.7 Å². The van der Waals surface area contributed by atoms with E-state index < -0.39 is 0 Å². The van der Waals surface area contributed by atoms with E-state index in [2.05, 4.69) is 73.7 Å². The lowest BCUT2D eigenvalue weighted by atomic mass is 9.96. The lowest BCUT2D eigenvalue weighted by Crippen LogP contribution is -2.11. The zero-order valence-electron chi connectivity index (χ0n) is 12.2. The van der Waals surface area contributed by atoms with E-state index in [9.17, 15) is 0 Å². The Kier molecular flexibility index (Phi) is 6.33. The van der Waals surface area contributed by atoms with Crippen LogP contribution in [0.5, 0.6) is 0 Å². The predicted molar refractivity (Wildman–Crippen MR) is 96.3 cm³/mol. The maximum Gasteiger partial charge on any atom is 0.0766 e. The molecule has 0 N–H and O–H groups in total. The number of alkyl halides is 1. The molecule has 0 aliphatic heterocycles. The van der Waals surface area contributed by atoms with Crippen molar-refractivity contribution in [2.24, 2.45) is 0 Å². The van der Waals surface area contributed by atoms with Gasteiger partial charge in [-0.1, -0.05) is 41.1 Å². The summed E-state index contributed by atoms with van der Waals surface area (Å²) in [6.45, 7) is 5.12. The van der Waals surface area contributed by atoms with Crippen LogP contribution in [0.25, 0.3) is 0 Å². The van der Waals surface area contributed by atoms with Crippen molar-refractivity contribution in [3.63, 3.8) is 0 Å². The van der Waals surface area contributed by atoms with Gasteiger partial charge >= 0.3 is 0 Å². The van der Waals surface area contributed by atoms with Crippen LogP contribution in [0.3, 0.4) is 0 Å². The third kappa shape index (κ3) is 3.72. The van der Waals surface area contributed by atoms with Crippen LogP contribution in [0, 0.1) is 0 Å². The van der Waals surface area contributed by atoms with E-state index in [0.717, 1.165) is 34.0 Å². The van der Waals surface area contributed by atoms with Gasteiger partial charge in [-0.2, -0.15) is 5.10 Å². The number of aryl methyl sites for hydroxylation is 2. The molecule has 1 aromatic heterocycles. The molecule has 21 heavy (non-hydrogen) atoms. The summed E-state index contributed by atoms with van der Waals surface area (Å²) in [7, 11) is 0. The van der Waals surface area contributed by atoms with E-state index in [1.165, 1.54) is 11.3 Å². The minimum absolute atomic E-state index is 0.269. The molecule has 0 aliphatic carbocycles. The summed E-state index contributed by atoms with van der Waals surface area (Å²) in [6, 6.07) is 8.29. The smallest absolute Gasteiger partial charge is 0.0766 e. The van der Waals surface area contributed by atoms with Crippen LogP contribution in [0.2, 0.25) is 0 Å². The number of hydrogen-bond acceptors (Lipinski definition) is 1. The summed E-state index contributed by atoms with van der Waals surface area (Å²) in [5.74, 6) is 0.857. The van der Waals surface area contributed by atoms with Gasteiger partial charge in [-0.15, -0.1) is 11.6 Å². The molecule has 1 aromatic carbocycles. The molecule has 0 fully saturated rings. The first-order valence-electron chi connectivity index (χ1n) is 7.16. The van der Waals surface area contributed by atoms with Crippen LogP contribution >= 0.6 is 43.5 Å². The van der Waals surface area contributed by atoms with Gasteiger partial charge in [0.15, 0.2) is 0 Å². The molecule has 0 aliphatic rings. The largest absolute Gasteiger partial charge is 0.268 e. The third-order valence-corrected chi connectivity index (χ3v) is 5.68. The van der Waals surface area contributed by atoms with Gasteiger partial charge in [-0.25, -0.2) is 0 Å². The van der Waals surface area contributed by atoms with Gasteiger partial charge < -0.3 is 0 Å². The van der Waals surface area contributed by atoms with E-state index in [4.69, 9.17) is 11.6 Å². The molecule has 0 saturated heterocycles. The molecule has 0 spiro atoms. The SMILES string of the molecule is CCc1nn(CC)c(CC(CCl)c2ccccc2Br)c1Br. The molecular weight excluding hydrogens is 415 g/mol. The average Bonchev–Trinajstić information content (AvgIpc) is 2.81. The summed E-state index contributed by atoms with van der Waals surface area (Å²) >= 11 is 13.6. The molecule has 0 saturated carbocycles. The predicted octanol–water partition coefficient (Wildman–Crippen LogP) is 5.56. The van der Waals surface area contributed by atoms with Gasteiger partial charge in [-0.3, -0.25) is 4.68 Å². The number of nitrogens with zero attached hydrogens (tertiary/aromatic N) is 2. The Bertz CT molecular complexity index is 610. The minimum atomic E-state index is 0.269. The Balaban J connectivity index is 2.35. The van der Waals surface area contributed by atoms with Crippen molar-refractivity contribution in [3.8, 4) is 0 Å². The van der Waals surface area contributed by atoms with Crippen LogP contribution in [-0.4, -0.2) is 15.7 Å². The lowest BCUT2D eigenvalue weighted by molar-refractivity contribution is 0.592. The van der Waals surface area contributed by atoms with E-state index in [1.807, 2.05) is 6.07 Å². The minimum Gasteiger partial charge on any atom is -0.268 e. The molecule has 1 heterocycles. The maximum absolute atomic E-state index is 6.25. The molecule has 114 valence electrons. The second-order valence-corrected chi connectivity index (χ2v) is 6.91. The van der Waals surface area contributed by atoms with Gasteiger partial charge in [0.25, 0.3) is 0 Å². The molecule has 2 nitrogen and oxygen atoms in total. The Hall–Kier alpha value is -0.320. The van der Waals surface area contributed by atoms with Crippen LogP contribution < -0.4 is 0 Å². The van der Waals surface area contributed by atoms with Crippen molar-refractivity contribution in [1.82, 2.24) is 9.78 Å². The molecule has 1 unspecified atom stereocenters. The van der Waals surface area contributed by atoms with Gasteiger partial charge in [0, 0.05) is 22.8 Å². The van der Waals surface area contributed by atoms with Crippen molar-refractivity contribution in [2.75, 3.05) is 5.88 Å². The second kappa shape index (κ2) is 7.80. The quantitative estimate of drug-likeness (QED) is 0.545. The van der Waals surface area contributed by atoms with Crippen LogP contribution in [-0.2, 0) is 19.4 Å². The van der Waals surface area contributed by atoms with Crippen molar-refractivity contribution in [2.45, 2.75) is 39.2 Å². The van der Waals surface area contributed by atoms with Gasteiger partial charge in [0.1, 0.15) is 0 Å². The Morgan fingerprint density at radius 3 is 2.52 bits per heavy atom. The number of rotatable bonds is 6. The first-order chi connectivity index (χ1) is 10.1. The van der Waals surface area contributed by atoms with Crippen LogP contribution in [0.15, 0.2) is 33.2 Å². The Morgan fingerprint density at radius 1 is 1.24 bits per heavy atom. The first kappa shape index (κ1) is 17.0. The monoisotopic (exact) mass is 432 g/mol. The van der Waals surface area contributed by atoms with Crippen molar-refractivity contribution < 1.29 is 0 Å². The molecule has 0 radical (unpaired) electrons. The normalized spacial score (nSPS) is 12.6. The topological polar surface area (TPSA) is 17.8 Å². The fraction of sp³-hybridized carbons (Fsp3) is 0.438.